The number of nitrogens with one attached hydrogen (secondary N) is 2. The Hall–Kier alpha value is -4.25. The summed E-state index contributed by atoms with van der Waals surface area (Å²) >= 11 is 1.38. The van der Waals surface area contributed by atoms with Gasteiger partial charge in [0, 0.05) is 78.2 Å². The first-order chi connectivity index (χ1) is 28.8. The molecular formula is C45H61N7O7S. The molecule has 7 rings (SSSR count). The third-order valence-corrected chi connectivity index (χ3v) is 13.5. The van der Waals surface area contributed by atoms with Crippen LogP contribution in [0.15, 0.2) is 41.9 Å². The van der Waals surface area contributed by atoms with Crippen molar-refractivity contribution in [2.45, 2.75) is 91.6 Å². The topological polar surface area (TPSA) is 160 Å². The molecule has 5 heterocycles. The molecule has 1 aliphatic carbocycles. The van der Waals surface area contributed by atoms with Crippen LogP contribution in [0, 0.1) is 23.2 Å². The van der Waals surface area contributed by atoms with Gasteiger partial charge in [-0.3, -0.25) is 24.4 Å². The number of pyridine rings is 1. The van der Waals surface area contributed by atoms with E-state index in [1.807, 2.05) is 44.2 Å². The number of thiazole rings is 1. The number of aliphatic hydroxyl groups excluding tert-OH is 1. The van der Waals surface area contributed by atoms with Gasteiger partial charge in [-0.1, -0.05) is 33.8 Å². The number of fused-ring (bicyclic) bond motifs is 6. The lowest BCUT2D eigenvalue weighted by atomic mass is 9.84. The van der Waals surface area contributed by atoms with Crippen molar-refractivity contribution in [3.63, 3.8) is 0 Å². The van der Waals surface area contributed by atoms with Crippen LogP contribution in [-0.2, 0) is 41.6 Å². The van der Waals surface area contributed by atoms with Crippen LogP contribution in [-0.4, -0.2) is 113 Å². The van der Waals surface area contributed by atoms with Gasteiger partial charge in [0.05, 0.1) is 43.0 Å². The number of aryl methyl sites for hydroxylation is 1. The van der Waals surface area contributed by atoms with Gasteiger partial charge in [-0.05, 0) is 81.8 Å². The monoisotopic (exact) mass is 843 g/mol. The van der Waals surface area contributed by atoms with E-state index >= 15 is 0 Å². The fourth-order valence-corrected chi connectivity index (χ4v) is 9.68. The van der Waals surface area contributed by atoms with Gasteiger partial charge in [0.25, 0.3) is 5.91 Å². The lowest BCUT2D eigenvalue weighted by Crippen LogP contribution is -2.61. The zero-order valence-corrected chi connectivity index (χ0v) is 37.0. The minimum atomic E-state index is -1.14. The Morgan fingerprint density at radius 1 is 1.20 bits per heavy atom. The second kappa shape index (κ2) is 18.4. The van der Waals surface area contributed by atoms with Crippen LogP contribution in [0.1, 0.15) is 82.9 Å². The summed E-state index contributed by atoms with van der Waals surface area (Å²) < 4.78 is 20.9. The van der Waals surface area contributed by atoms with Crippen LogP contribution in [0.25, 0.3) is 33.4 Å². The number of hydrogen-bond donors (Lipinski definition) is 3. The van der Waals surface area contributed by atoms with E-state index in [0.29, 0.717) is 50.4 Å². The summed E-state index contributed by atoms with van der Waals surface area (Å²) in [6.45, 7) is 14.8. The fraction of sp³-hybridized carbons (Fsp3) is 0.578. The van der Waals surface area contributed by atoms with Crippen LogP contribution in [0.2, 0.25) is 0 Å². The van der Waals surface area contributed by atoms with E-state index in [9.17, 15) is 19.5 Å². The number of ether oxygens (including phenoxy) is 3. The van der Waals surface area contributed by atoms with Crippen molar-refractivity contribution >= 4 is 40.0 Å². The molecule has 6 bridgehead atoms. The molecular weight excluding hydrogens is 783 g/mol. The maximum Gasteiger partial charge on any atom is 0.324 e. The molecule has 0 spiro atoms. The number of cyclic esters (lactones) is 1. The summed E-state index contributed by atoms with van der Waals surface area (Å²) in [7, 11) is 3.58. The maximum absolute atomic E-state index is 14.8. The SMILES string of the molecule is CCn1c(-c2cccnc2[C@H](C)OC)c2c3cc(ccc31)-c1csc(n1)[C@@H](OCCN(C)CCO)[C@H](NC(=O)[C@H]1[C@H](C)[C@@H]1C)C(=O)N1CCC[C@H](N1)C(=O)OCC(C)(C)C2. The van der Waals surface area contributed by atoms with Gasteiger partial charge in [-0.25, -0.2) is 10.4 Å². The fourth-order valence-electron chi connectivity index (χ4n) is 8.77. The number of aliphatic hydroxyl groups is 1. The molecule has 0 unspecified atom stereocenters. The first-order valence-electron chi connectivity index (χ1n) is 21.3. The van der Waals surface area contributed by atoms with Crippen molar-refractivity contribution in [3.8, 4) is 22.5 Å². The van der Waals surface area contributed by atoms with E-state index in [1.54, 1.807) is 13.3 Å². The molecule has 1 saturated carbocycles. The molecule has 3 aromatic heterocycles. The largest absolute Gasteiger partial charge is 0.464 e. The summed E-state index contributed by atoms with van der Waals surface area (Å²) in [5, 5.41) is 17.7. The van der Waals surface area contributed by atoms with Gasteiger partial charge in [0.2, 0.25) is 5.91 Å². The number of nitrogens with zero attached hydrogens (tertiary/aromatic N) is 5. The predicted octanol–water partition coefficient (Wildman–Crippen LogP) is 5.54. The molecule has 2 aliphatic heterocycles. The van der Waals surface area contributed by atoms with E-state index in [2.05, 4.69) is 60.3 Å². The van der Waals surface area contributed by atoms with E-state index in [1.165, 1.54) is 16.3 Å². The molecule has 3 aliphatic rings. The Kier molecular flexibility index (Phi) is 13.4. The Balaban J connectivity index is 1.39. The summed E-state index contributed by atoms with van der Waals surface area (Å²) in [5.74, 6) is -0.912. The highest BCUT2D eigenvalue weighted by Crippen LogP contribution is 2.46. The Bertz CT molecular complexity index is 2180. The van der Waals surface area contributed by atoms with Crippen molar-refractivity contribution < 1.29 is 33.7 Å². The molecule has 0 radical (unpaired) electrons. The highest BCUT2D eigenvalue weighted by atomic mass is 32.1. The number of carbonyl (C=O) groups excluding carboxylic acids is 3. The predicted molar refractivity (Wildman–Crippen MR) is 231 cm³/mol. The van der Waals surface area contributed by atoms with Gasteiger partial charge < -0.3 is 34.1 Å². The molecule has 14 nitrogen and oxygen atoms in total. The third-order valence-electron chi connectivity index (χ3n) is 12.6. The van der Waals surface area contributed by atoms with Gasteiger partial charge >= 0.3 is 5.97 Å². The number of amides is 2. The third kappa shape index (κ3) is 9.02. The van der Waals surface area contributed by atoms with Crippen molar-refractivity contribution in [3.05, 3.63) is 58.2 Å². The summed E-state index contributed by atoms with van der Waals surface area (Å²) in [4.78, 5) is 54.5. The molecule has 2 amide bonds. The molecule has 1 aromatic carbocycles. The van der Waals surface area contributed by atoms with Crippen molar-refractivity contribution in [1.29, 1.82) is 0 Å². The minimum absolute atomic E-state index is 0.00269. The quantitative estimate of drug-likeness (QED) is 0.154. The van der Waals surface area contributed by atoms with Gasteiger partial charge in [-0.15, -0.1) is 11.3 Å². The number of methoxy groups -OCH3 is 1. The van der Waals surface area contributed by atoms with E-state index in [-0.39, 0.29) is 49.6 Å². The number of likely N-dealkylation sites (N-methyl/N-ethyl adjacent to an activating group) is 1. The molecule has 4 aromatic rings. The van der Waals surface area contributed by atoms with Crippen molar-refractivity contribution in [1.82, 2.24) is 35.2 Å². The molecule has 3 N–H and O–H groups in total. The number of rotatable bonds is 12. The zero-order valence-electron chi connectivity index (χ0n) is 36.2. The Morgan fingerprint density at radius 3 is 2.70 bits per heavy atom. The van der Waals surface area contributed by atoms with Gasteiger partial charge in [0.15, 0.2) is 0 Å². The van der Waals surface area contributed by atoms with Crippen LogP contribution < -0.4 is 10.7 Å². The number of aromatic nitrogens is 3. The number of hydrogen-bond acceptors (Lipinski definition) is 12. The lowest BCUT2D eigenvalue weighted by Gasteiger charge is -2.37. The Morgan fingerprint density at radius 2 is 1.98 bits per heavy atom. The normalized spacial score (nSPS) is 24.9. The highest BCUT2D eigenvalue weighted by molar-refractivity contribution is 7.10. The Labute approximate surface area is 357 Å². The van der Waals surface area contributed by atoms with Crippen LogP contribution >= 0.6 is 11.3 Å². The van der Waals surface area contributed by atoms with Crippen LogP contribution in [0.4, 0.5) is 0 Å². The first kappa shape index (κ1) is 43.8. The van der Waals surface area contributed by atoms with Crippen molar-refractivity contribution in [2.24, 2.45) is 23.2 Å². The van der Waals surface area contributed by atoms with Crippen LogP contribution in [0.3, 0.4) is 0 Å². The number of esters is 1. The van der Waals surface area contributed by atoms with Gasteiger partial charge in [0.1, 0.15) is 23.2 Å². The van der Waals surface area contributed by atoms with Gasteiger partial charge in [-0.2, -0.15) is 0 Å². The zero-order chi connectivity index (χ0) is 42.9. The molecule has 1 saturated heterocycles. The highest BCUT2D eigenvalue weighted by Gasteiger charge is 2.50. The maximum atomic E-state index is 14.8. The number of benzene rings is 1. The average Bonchev–Trinajstić information content (AvgIpc) is 3.52. The number of carbonyl (C=O) groups is 3. The standard InChI is InChI=1S/C45H61N7O7S/c1-9-51-35-15-14-29-22-31(35)32(39(51)30-12-10-16-46-37(30)28(4)57-8)23-45(5,6)25-59-44(56)33-13-11-17-52(49-33)43(55)38(48-41(54)36-26(2)27(36)3)40(42-47-34(29)24-60-42)58-21-19-50(7)18-20-53/h10,12,14-16,22,24,26-28,33,36,38,40,49,53H,9,11,13,17-21,23,25H2,1-8H3,(H,48,54)/t26-,27+,28-,33-,36+,38-,40-/m0/s1. The molecule has 324 valence electrons. The summed E-state index contributed by atoms with van der Waals surface area (Å²) in [6, 6.07) is 8.55. The van der Waals surface area contributed by atoms with Crippen molar-refractivity contribution in [2.75, 3.05) is 53.6 Å². The first-order valence-corrected chi connectivity index (χ1v) is 22.2. The minimum Gasteiger partial charge on any atom is -0.464 e. The lowest BCUT2D eigenvalue weighted by molar-refractivity contribution is -0.157. The van der Waals surface area contributed by atoms with E-state index < -0.39 is 35.5 Å². The second-order valence-electron chi connectivity index (χ2n) is 17.5. The summed E-state index contributed by atoms with van der Waals surface area (Å²) in [5.41, 5.74) is 9.33. The van der Waals surface area contributed by atoms with E-state index in [0.717, 1.165) is 44.7 Å². The number of hydrazine groups is 1. The molecule has 60 heavy (non-hydrogen) atoms. The second-order valence-corrected chi connectivity index (χ2v) is 18.4. The van der Waals surface area contributed by atoms with Crippen LogP contribution in [0.5, 0.6) is 0 Å². The average molecular weight is 844 g/mol. The molecule has 15 heteroatoms. The summed E-state index contributed by atoms with van der Waals surface area (Å²) in [6.07, 6.45) is 2.24. The molecule has 2 fully saturated rings. The smallest absolute Gasteiger partial charge is 0.324 e. The molecule has 7 atom stereocenters. The van der Waals surface area contributed by atoms with E-state index in [4.69, 9.17) is 24.2 Å².